The zero-order valence-corrected chi connectivity index (χ0v) is 13.7. The van der Waals surface area contributed by atoms with E-state index in [2.05, 4.69) is 9.71 Å². The van der Waals surface area contributed by atoms with Crippen molar-refractivity contribution in [3.05, 3.63) is 48.2 Å². The molecule has 0 aliphatic carbocycles. The molecule has 1 aliphatic heterocycles. The van der Waals surface area contributed by atoms with Gasteiger partial charge < -0.3 is 9.64 Å². The first-order chi connectivity index (χ1) is 11.6. The van der Waals surface area contributed by atoms with Crippen molar-refractivity contribution in [1.29, 1.82) is 5.26 Å². The quantitative estimate of drug-likeness (QED) is 0.905. The molecular weight excluding hydrogens is 328 g/mol. The number of morpholine rings is 1. The maximum Gasteiger partial charge on any atom is 0.262 e. The molecule has 0 radical (unpaired) electrons. The second-order valence-electron chi connectivity index (χ2n) is 5.22. The molecule has 1 aromatic carbocycles. The van der Waals surface area contributed by atoms with Crippen molar-refractivity contribution in [3.63, 3.8) is 0 Å². The van der Waals surface area contributed by atoms with E-state index in [1.807, 2.05) is 11.0 Å². The molecule has 0 amide bonds. The Labute approximate surface area is 140 Å². The maximum absolute atomic E-state index is 12.6. The van der Waals surface area contributed by atoms with Crippen LogP contribution in [0.2, 0.25) is 0 Å². The molecular formula is C16H16N4O3S. The van der Waals surface area contributed by atoms with Gasteiger partial charge in [-0.15, -0.1) is 0 Å². The van der Waals surface area contributed by atoms with Crippen LogP contribution in [-0.2, 0) is 14.8 Å². The summed E-state index contributed by atoms with van der Waals surface area (Å²) in [4.78, 5) is 6.32. The lowest BCUT2D eigenvalue weighted by Crippen LogP contribution is -2.37. The Morgan fingerprint density at radius 1 is 1.21 bits per heavy atom. The predicted molar refractivity (Wildman–Crippen MR) is 89.2 cm³/mol. The molecule has 1 aromatic heterocycles. The highest BCUT2D eigenvalue weighted by atomic mass is 32.2. The SMILES string of the molecule is N#Cc1cccc(S(=O)(=O)Nc2cccnc2N2CCOCC2)c1. The van der Waals surface area contributed by atoms with E-state index in [1.54, 1.807) is 30.5 Å². The molecule has 124 valence electrons. The summed E-state index contributed by atoms with van der Waals surface area (Å²) in [5.41, 5.74) is 0.694. The number of hydrogen-bond donors (Lipinski definition) is 1. The number of anilines is 2. The normalized spacial score (nSPS) is 14.9. The van der Waals surface area contributed by atoms with Crippen molar-refractivity contribution in [2.75, 3.05) is 35.9 Å². The minimum absolute atomic E-state index is 0.0401. The van der Waals surface area contributed by atoms with Gasteiger partial charge in [0.25, 0.3) is 10.0 Å². The van der Waals surface area contributed by atoms with Gasteiger partial charge in [-0.3, -0.25) is 4.72 Å². The van der Waals surface area contributed by atoms with E-state index in [-0.39, 0.29) is 10.5 Å². The highest BCUT2D eigenvalue weighted by Gasteiger charge is 2.20. The standard InChI is InChI=1S/C16H16N4O3S/c17-12-13-3-1-4-14(11-13)24(21,22)19-15-5-2-6-18-16(15)20-7-9-23-10-8-20/h1-6,11,19H,7-10H2. The Morgan fingerprint density at radius 2 is 2.00 bits per heavy atom. The average molecular weight is 344 g/mol. The first-order valence-electron chi connectivity index (χ1n) is 7.41. The van der Waals surface area contributed by atoms with Crippen LogP contribution < -0.4 is 9.62 Å². The lowest BCUT2D eigenvalue weighted by atomic mass is 10.2. The minimum Gasteiger partial charge on any atom is -0.378 e. The fourth-order valence-corrected chi connectivity index (χ4v) is 3.55. The van der Waals surface area contributed by atoms with Crippen LogP contribution in [-0.4, -0.2) is 39.7 Å². The molecule has 1 fully saturated rings. The van der Waals surface area contributed by atoms with Crippen molar-refractivity contribution in [1.82, 2.24) is 4.98 Å². The maximum atomic E-state index is 12.6. The smallest absolute Gasteiger partial charge is 0.262 e. The fourth-order valence-electron chi connectivity index (χ4n) is 2.44. The van der Waals surface area contributed by atoms with E-state index in [9.17, 15) is 8.42 Å². The third-order valence-corrected chi connectivity index (χ3v) is 4.98. The van der Waals surface area contributed by atoms with Crippen LogP contribution in [0.15, 0.2) is 47.5 Å². The highest BCUT2D eigenvalue weighted by Crippen LogP contribution is 2.26. The third-order valence-electron chi connectivity index (χ3n) is 3.62. The van der Waals surface area contributed by atoms with Crippen molar-refractivity contribution >= 4 is 21.5 Å². The number of aromatic nitrogens is 1. The first kappa shape index (κ1) is 16.2. The van der Waals surface area contributed by atoms with Gasteiger partial charge in [0.1, 0.15) is 0 Å². The van der Waals surface area contributed by atoms with E-state index in [0.29, 0.717) is 37.8 Å². The average Bonchev–Trinajstić information content (AvgIpc) is 2.63. The Kier molecular flexibility index (Phi) is 4.64. The second kappa shape index (κ2) is 6.86. The Bertz CT molecular complexity index is 871. The molecule has 0 saturated carbocycles. The molecule has 7 nitrogen and oxygen atoms in total. The Balaban J connectivity index is 1.91. The number of nitriles is 1. The van der Waals surface area contributed by atoms with Gasteiger partial charge in [-0.1, -0.05) is 6.07 Å². The second-order valence-corrected chi connectivity index (χ2v) is 6.90. The summed E-state index contributed by atoms with van der Waals surface area (Å²) in [5, 5.41) is 8.94. The number of ether oxygens (including phenoxy) is 1. The lowest BCUT2D eigenvalue weighted by Gasteiger charge is -2.29. The van der Waals surface area contributed by atoms with Crippen LogP contribution in [0, 0.1) is 11.3 Å². The number of nitrogens with zero attached hydrogens (tertiary/aromatic N) is 3. The minimum atomic E-state index is -3.81. The van der Waals surface area contributed by atoms with E-state index in [4.69, 9.17) is 10.00 Å². The predicted octanol–water partition coefficient (Wildman–Crippen LogP) is 1.59. The van der Waals surface area contributed by atoms with Crippen LogP contribution >= 0.6 is 0 Å². The molecule has 0 bridgehead atoms. The summed E-state index contributed by atoms with van der Waals surface area (Å²) in [6.07, 6.45) is 1.62. The van der Waals surface area contributed by atoms with Crippen LogP contribution in [0.5, 0.6) is 0 Å². The van der Waals surface area contributed by atoms with Crippen molar-refractivity contribution in [2.45, 2.75) is 4.90 Å². The van der Waals surface area contributed by atoms with Gasteiger partial charge in [-0.25, -0.2) is 13.4 Å². The summed E-state index contributed by atoms with van der Waals surface area (Å²) in [6, 6.07) is 11.2. The van der Waals surface area contributed by atoms with Gasteiger partial charge in [-0.2, -0.15) is 5.26 Å². The molecule has 1 N–H and O–H groups in total. The van der Waals surface area contributed by atoms with Gasteiger partial charge in [0.05, 0.1) is 35.4 Å². The third kappa shape index (κ3) is 3.48. The number of benzene rings is 1. The van der Waals surface area contributed by atoms with Crippen LogP contribution in [0.4, 0.5) is 11.5 Å². The Morgan fingerprint density at radius 3 is 2.75 bits per heavy atom. The van der Waals surface area contributed by atoms with Gasteiger partial charge >= 0.3 is 0 Å². The zero-order chi connectivity index (χ0) is 17.0. The molecule has 1 aliphatic rings. The number of hydrogen-bond acceptors (Lipinski definition) is 6. The molecule has 1 saturated heterocycles. The molecule has 2 heterocycles. The number of nitrogens with one attached hydrogen (secondary N) is 1. The molecule has 0 unspecified atom stereocenters. The van der Waals surface area contributed by atoms with Gasteiger partial charge in [0, 0.05) is 19.3 Å². The van der Waals surface area contributed by atoms with Gasteiger partial charge in [0.2, 0.25) is 0 Å². The van der Waals surface area contributed by atoms with E-state index in [0.717, 1.165) is 0 Å². The summed E-state index contributed by atoms with van der Waals surface area (Å²) < 4.78 is 33.1. The first-order valence-corrected chi connectivity index (χ1v) is 8.89. The van der Waals surface area contributed by atoms with Crippen molar-refractivity contribution in [2.24, 2.45) is 0 Å². The highest BCUT2D eigenvalue weighted by molar-refractivity contribution is 7.92. The number of pyridine rings is 1. The topological polar surface area (TPSA) is 95.3 Å². The number of sulfonamides is 1. The van der Waals surface area contributed by atoms with Crippen LogP contribution in [0.25, 0.3) is 0 Å². The molecule has 0 spiro atoms. The van der Waals surface area contributed by atoms with Gasteiger partial charge in [-0.05, 0) is 30.3 Å². The van der Waals surface area contributed by atoms with Crippen molar-refractivity contribution in [3.8, 4) is 6.07 Å². The molecule has 2 aromatic rings. The summed E-state index contributed by atoms with van der Waals surface area (Å²) in [6.45, 7) is 2.45. The molecule has 0 atom stereocenters. The van der Waals surface area contributed by atoms with E-state index < -0.39 is 10.0 Å². The largest absolute Gasteiger partial charge is 0.378 e. The summed E-state index contributed by atoms with van der Waals surface area (Å²) in [5.74, 6) is 0.570. The molecule has 24 heavy (non-hydrogen) atoms. The van der Waals surface area contributed by atoms with Crippen molar-refractivity contribution < 1.29 is 13.2 Å². The van der Waals surface area contributed by atoms with E-state index in [1.165, 1.54) is 12.1 Å². The van der Waals surface area contributed by atoms with Crippen LogP contribution in [0.3, 0.4) is 0 Å². The summed E-state index contributed by atoms with van der Waals surface area (Å²) >= 11 is 0. The molecule has 8 heteroatoms. The zero-order valence-electron chi connectivity index (χ0n) is 12.8. The lowest BCUT2D eigenvalue weighted by molar-refractivity contribution is 0.122. The number of rotatable bonds is 4. The Hall–Kier alpha value is -2.63. The van der Waals surface area contributed by atoms with E-state index >= 15 is 0 Å². The van der Waals surface area contributed by atoms with Crippen LogP contribution in [0.1, 0.15) is 5.56 Å². The fraction of sp³-hybridized carbons (Fsp3) is 0.250. The summed E-state index contributed by atoms with van der Waals surface area (Å²) in [7, 11) is -3.81. The molecule has 3 rings (SSSR count). The monoisotopic (exact) mass is 344 g/mol. The van der Waals surface area contributed by atoms with Gasteiger partial charge in [0.15, 0.2) is 5.82 Å².